The Labute approximate surface area is 265 Å². The van der Waals surface area contributed by atoms with Gasteiger partial charge in [0, 0.05) is 45.2 Å². The molecular formula is C31H41F4N7O4. The van der Waals surface area contributed by atoms with Gasteiger partial charge in [0.25, 0.3) is 5.91 Å². The van der Waals surface area contributed by atoms with E-state index in [4.69, 9.17) is 0 Å². The summed E-state index contributed by atoms with van der Waals surface area (Å²) in [7, 11) is 1.96. The lowest BCUT2D eigenvalue weighted by atomic mass is 9.83. The molecule has 2 aromatic rings. The van der Waals surface area contributed by atoms with E-state index in [9.17, 15) is 32.3 Å². The van der Waals surface area contributed by atoms with Crippen molar-refractivity contribution in [2.45, 2.75) is 76.7 Å². The normalized spacial score (nSPS) is 17.7. The summed E-state index contributed by atoms with van der Waals surface area (Å²) in [5, 5.41) is 11.4. The molecule has 1 aromatic carbocycles. The minimum atomic E-state index is -4.61. The summed E-state index contributed by atoms with van der Waals surface area (Å²) in [5.41, 5.74) is -0.0859. The number of aromatic nitrogens is 2. The van der Waals surface area contributed by atoms with Crippen molar-refractivity contribution < 1.29 is 36.7 Å². The first kappa shape index (κ1) is 34.9. The Morgan fingerprint density at radius 2 is 1.70 bits per heavy atom. The van der Waals surface area contributed by atoms with Gasteiger partial charge in [0.05, 0.1) is 5.69 Å². The quantitative estimate of drug-likeness (QED) is 0.321. The fraction of sp³-hybridized carbons (Fsp3) is 0.581. The summed E-state index contributed by atoms with van der Waals surface area (Å²) in [6.07, 6.45) is 0.452. The number of carbonyl (C=O) groups excluding carboxylic acids is 4. The lowest BCUT2D eigenvalue weighted by molar-refractivity contribution is -0.142. The van der Waals surface area contributed by atoms with Crippen LogP contribution in [0.1, 0.15) is 61.5 Å². The third kappa shape index (κ3) is 9.50. The SMILES string of the molecule is CCC(=O)N[C@H](Cc1ccc(NC(=O)[C@@H](NC(=O)c2ccnn2CC(F)(F)F)C2CCCCC2)c(F)c1)C(=O)N1CCN(C)CC1. The highest BCUT2D eigenvalue weighted by molar-refractivity contribution is 6.00. The Bertz CT molecular complexity index is 1390. The zero-order valence-corrected chi connectivity index (χ0v) is 26.0. The van der Waals surface area contributed by atoms with Crippen molar-refractivity contribution >= 4 is 29.3 Å². The monoisotopic (exact) mass is 651 g/mol. The lowest BCUT2D eigenvalue weighted by Crippen LogP contribution is -2.54. The van der Waals surface area contributed by atoms with Gasteiger partial charge in [-0.05, 0) is 49.6 Å². The van der Waals surface area contributed by atoms with E-state index in [1.807, 2.05) is 7.05 Å². The first-order valence-electron chi connectivity index (χ1n) is 15.6. The molecule has 3 N–H and O–H groups in total. The molecule has 2 heterocycles. The van der Waals surface area contributed by atoms with Crippen LogP contribution in [0.15, 0.2) is 30.5 Å². The van der Waals surface area contributed by atoms with Crippen LogP contribution in [0, 0.1) is 11.7 Å². The topological polar surface area (TPSA) is 129 Å². The van der Waals surface area contributed by atoms with Crippen LogP contribution in [0.25, 0.3) is 0 Å². The van der Waals surface area contributed by atoms with E-state index < -0.39 is 42.4 Å². The van der Waals surface area contributed by atoms with Gasteiger partial charge in [-0.25, -0.2) is 4.39 Å². The van der Waals surface area contributed by atoms with Crippen molar-refractivity contribution in [2.24, 2.45) is 5.92 Å². The minimum Gasteiger partial charge on any atom is -0.344 e. The Morgan fingerprint density at radius 1 is 1.00 bits per heavy atom. The number of amides is 4. The van der Waals surface area contributed by atoms with E-state index in [2.05, 4.69) is 25.9 Å². The number of carbonyl (C=O) groups is 4. The van der Waals surface area contributed by atoms with Crippen LogP contribution in [-0.4, -0.2) is 94.7 Å². The number of nitrogens with one attached hydrogen (secondary N) is 3. The summed E-state index contributed by atoms with van der Waals surface area (Å²) >= 11 is 0. The Hall–Kier alpha value is -4.01. The van der Waals surface area contributed by atoms with Crippen molar-refractivity contribution in [3.05, 3.63) is 47.5 Å². The maximum atomic E-state index is 15.4. The second-order valence-corrected chi connectivity index (χ2v) is 11.9. The molecule has 4 rings (SSSR count). The molecule has 2 atom stereocenters. The van der Waals surface area contributed by atoms with Gasteiger partial charge in [-0.3, -0.25) is 23.9 Å². The largest absolute Gasteiger partial charge is 0.408 e. The third-order valence-electron chi connectivity index (χ3n) is 8.47. The average Bonchev–Trinajstić information content (AvgIpc) is 3.47. The highest BCUT2D eigenvalue weighted by atomic mass is 19.4. The van der Waals surface area contributed by atoms with Crippen molar-refractivity contribution in [1.82, 2.24) is 30.2 Å². The molecule has 1 aliphatic heterocycles. The molecule has 0 unspecified atom stereocenters. The number of rotatable bonds is 11. The first-order valence-corrected chi connectivity index (χ1v) is 15.6. The highest BCUT2D eigenvalue weighted by Gasteiger charge is 2.35. The third-order valence-corrected chi connectivity index (χ3v) is 8.47. The van der Waals surface area contributed by atoms with Crippen molar-refractivity contribution in [3.8, 4) is 0 Å². The fourth-order valence-electron chi connectivity index (χ4n) is 5.88. The Balaban J connectivity index is 1.48. The number of hydrogen-bond donors (Lipinski definition) is 3. The number of piperazine rings is 1. The van der Waals surface area contributed by atoms with E-state index in [1.54, 1.807) is 17.9 Å². The second-order valence-electron chi connectivity index (χ2n) is 11.9. The summed E-state index contributed by atoms with van der Waals surface area (Å²) in [4.78, 5) is 55.8. The number of nitrogens with zero attached hydrogens (tertiary/aromatic N) is 4. The molecule has 0 bridgehead atoms. The average molecular weight is 652 g/mol. The highest BCUT2D eigenvalue weighted by Crippen LogP contribution is 2.28. The second kappa shape index (κ2) is 15.5. The Kier molecular flexibility index (Phi) is 11.8. The molecule has 11 nitrogen and oxygen atoms in total. The van der Waals surface area contributed by atoms with Crippen LogP contribution in [-0.2, 0) is 27.3 Å². The van der Waals surface area contributed by atoms with Gasteiger partial charge in [-0.1, -0.05) is 32.3 Å². The van der Waals surface area contributed by atoms with Gasteiger partial charge < -0.3 is 25.8 Å². The van der Waals surface area contributed by atoms with Gasteiger partial charge in [0.1, 0.15) is 30.1 Å². The zero-order valence-electron chi connectivity index (χ0n) is 26.0. The van der Waals surface area contributed by atoms with Crippen molar-refractivity contribution in [3.63, 3.8) is 0 Å². The van der Waals surface area contributed by atoms with Gasteiger partial charge >= 0.3 is 6.18 Å². The zero-order chi connectivity index (χ0) is 33.4. The molecule has 0 radical (unpaired) electrons. The van der Waals surface area contributed by atoms with E-state index >= 15 is 4.39 Å². The van der Waals surface area contributed by atoms with Crippen molar-refractivity contribution in [1.29, 1.82) is 0 Å². The van der Waals surface area contributed by atoms with E-state index in [0.717, 1.165) is 31.5 Å². The number of hydrogen-bond acceptors (Lipinski definition) is 6. The van der Waals surface area contributed by atoms with Crippen LogP contribution in [0.4, 0.5) is 23.2 Å². The van der Waals surface area contributed by atoms with Crippen LogP contribution in [0.3, 0.4) is 0 Å². The van der Waals surface area contributed by atoms with Crippen molar-refractivity contribution in [2.75, 3.05) is 38.5 Å². The first-order chi connectivity index (χ1) is 21.8. The predicted octanol–water partition coefficient (Wildman–Crippen LogP) is 3.11. The maximum absolute atomic E-state index is 15.4. The molecular weight excluding hydrogens is 610 g/mol. The lowest BCUT2D eigenvalue weighted by Gasteiger charge is -2.34. The minimum absolute atomic E-state index is 0.0361. The van der Waals surface area contributed by atoms with E-state index in [1.165, 1.54) is 12.1 Å². The van der Waals surface area contributed by atoms with Crippen LogP contribution in [0.2, 0.25) is 0 Å². The summed E-state index contributed by atoms with van der Waals surface area (Å²) in [6.45, 7) is 2.62. The number of halogens is 4. The number of benzene rings is 1. The molecule has 4 amide bonds. The summed E-state index contributed by atoms with van der Waals surface area (Å²) in [5.74, 6) is -3.25. The smallest absolute Gasteiger partial charge is 0.344 e. The molecule has 1 saturated heterocycles. The van der Waals surface area contributed by atoms with E-state index in [-0.39, 0.29) is 42.0 Å². The number of anilines is 1. The van der Waals surface area contributed by atoms with Crippen LogP contribution < -0.4 is 16.0 Å². The van der Waals surface area contributed by atoms with Gasteiger partial charge in [0.2, 0.25) is 17.7 Å². The summed E-state index contributed by atoms with van der Waals surface area (Å²) < 4.78 is 54.9. The van der Waals surface area contributed by atoms with E-state index in [0.29, 0.717) is 49.3 Å². The Morgan fingerprint density at radius 3 is 2.33 bits per heavy atom. The van der Waals surface area contributed by atoms with Gasteiger partial charge in [-0.15, -0.1) is 0 Å². The molecule has 2 fully saturated rings. The standard InChI is InChI=1S/C31H41F4N7O4/c1-3-26(43)37-24(30(46)41-15-13-40(2)14-16-41)18-20-9-10-23(22(32)17-20)38-29(45)27(21-7-5-4-6-8-21)39-28(44)25-11-12-36-42(25)19-31(33,34)35/h9-12,17,21,24,27H,3-8,13-16,18-19H2,1-2H3,(H,37,43)(H,38,45)(H,39,44)/t24-,27+/m1/s1. The molecule has 15 heteroatoms. The number of likely N-dealkylation sites (N-methyl/N-ethyl adjacent to an activating group) is 1. The van der Waals surface area contributed by atoms with Crippen LogP contribution in [0.5, 0.6) is 0 Å². The molecule has 1 aliphatic carbocycles. The van der Waals surface area contributed by atoms with Crippen LogP contribution >= 0.6 is 0 Å². The molecule has 252 valence electrons. The number of alkyl halides is 3. The van der Waals surface area contributed by atoms with Gasteiger partial charge in [-0.2, -0.15) is 18.3 Å². The molecule has 2 aliphatic rings. The predicted molar refractivity (Wildman–Crippen MR) is 161 cm³/mol. The fourth-order valence-corrected chi connectivity index (χ4v) is 5.88. The van der Waals surface area contributed by atoms with Gasteiger partial charge in [0.15, 0.2) is 0 Å². The summed E-state index contributed by atoms with van der Waals surface area (Å²) in [6, 6.07) is 3.19. The molecule has 0 spiro atoms. The molecule has 1 saturated carbocycles. The maximum Gasteiger partial charge on any atom is 0.408 e. The molecule has 46 heavy (non-hydrogen) atoms. The molecule has 1 aromatic heterocycles.